The summed E-state index contributed by atoms with van der Waals surface area (Å²) in [6.07, 6.45) is -1.15. The number of rotatable bonds is 4. The molecule has 17 heavy (non-hydrogen) atoms. The van der Waals surface area contributed by atoms with E-state index in [1.165, 1.54) is 19.1 Å². The highest BCUT2D eigenvalue weighted by molar-refractivity contribution is 7.92. The highest BCUT2D eigenvalue weighted by Crippen LogP contribution is 2.30. The molecule has 0 aliphatic carbocycles. The normalized spacial score (nSPS) is 15.6. The van der Waals surface area contributed by atoms with Crippen molar-refractivity contribution in [2.75, 3.05) is 5.75 Å². The van der Waals surface area contributed by atoms with Crippen LogP contribution in [0.1, 0.15) is 25.5 Å². The maximum Gasteiger partial charge on any atom is 0.155 e. The maximum atomic E-state index is 11.7. The molecule has 0 unspecified atom stereocenters. The van der Waals surface area contributed by atoms with Crippen molar-refractivity contribution in [3.63, 3.8) is 0 Å². The van der Waals surface area contributed by atoms with Gasteiger partial charge in [0.1, 0.15) is 0 Å². The third-order valence-corrected chi connectivity index (χ3v) is 5.45. The number of halogens is 2. The lowest BCUT2D eigenvalue weighted by Crippen LogP contribution is -2.27. The Morgan fingerprint density at radius 1 is 1.35 bits per heavy atom. The molecule has 0 aliphatic heterocycles. The molecule has 0 radical (unpaired) electrons. The van der Waals surface area contributed by atoms with Crippen molar-refractivity contribution in [2.24, 2.45) is 0 Å². The molecule has 6 heteroatoms. The highest BCUT2D eigenvalue weighted by atomic mass is 35.5. The second-order valence-corrected chi connectivity index (χ2v) is 7.26. The molecule has 96 valence electrons. The molecule has 2 atom stereocenters. The number of benzene rings is 1. The molecule has 0 bridgehead atoms. The standard InChI is InChI=1S/C11H14Cl2O3S/c1-3-17(15,16)7(2)11(14)9-5-4-8(12)6-10(9)13/h4-7,11,14H,3H2,1-2H3/t7-,11+/m1/s1. The molecule has 0 saturated carbocycles. The van der Waals surface area contributed by atoms with Gasteiger partial charge in [0.15, 0.2) is 9.84 Å². The predicted molar refractivity (Wildman–Crippen MR) is 70.3 cm³/mol. The van der Waals surface area contributed by atoms with Crippen molar-refractivity contribution >= 4 is 33.0 Å². The van der Waals surface area contributed by atoms with Crippen LogP contribution in [-0.2, 0) is 9.84 Å². The Balaban J connectivity index is 3.09. The SMILES string of the molecule is CCS(=O)(=O)[C@H](C)[C@H](O)c1ccc(Cl)cc1Cl. The van der Waals surface area contributed by atoms with Crippen LogP contribution >= 0.6 is 23.2 Å². The molecular weight excluding hydrogens is 283 g/mol. The van der Waals surface area contributed by atoms with Crippen LogP contribution in [0.5, 0.6) is 0 Å². The van der Waals surface area contributed by atoms with Crippen LogP contribution in [0.3, 0.4) is 0 Å². The van der Waals surface area contributed by atoms with Gasteiger partial charge in [-0.2, -0.15) is 0 Å². The summed E-state index contributed by atoms with van der Waals surface area (Å²) >= 11 is 11.7. The number of aliphatic hydroxyl groups is 1. The molecule has 3 nitrogen and oxygen atoms in total. The summed E-state index contributed by atoms with van der Waals surface area (Å²) in [4.78, 5) is 0. The Labute approximate surface area is 111 Å². The Morgan fingerprint density at radius 2 is 1.94 bits per heavy atom. The Kier molecular flexibility index (Phi) is 4.84. The zero-order valence-electron chi connectivity index (χ0n) is 9.52. The summed E-state index contributed by atoms with van der Waals surface area (Å²) in [5.74, 6) is -0.0174. The van der Waals surface area contributed by atoms with Crippen LogP contribution < -0.4 is 0 Å². The van der Waals surface area contributed by atoms with Crippen LogP contribution in [0.15, 0.2) is 18.2 Å². The van der Waals surface area contributed by atoms with Crippen molar-refractivity contribution in [3.8, 4) is 0 Å². The van der Waals surface area contributed by atoms with Crippen molar-refractivity contribution < 1.29 is 13.5 Å². The van der Waals surface area contributed by atoms with Gasteiger partial charge >= 0.3 is 0 Å². The number of aliphatic hydroxyl groups excluding tert-OH is 1. The summed E-state index contributed by atoms with van der Waals surface area (Å²) in [7, 11) is -3.31. The van der Waals surface area contributed by atoms with Gasteiger partial charge in [0, 0.05) is 21.4 Å². The molecule has 1 N–H and O–H groups in total. The van der Waals surface area contributed by atoms with Gasteiger partial charge in [0.2, 0.25) is 0 Å². The van der Waals surface area contributed by atoms with Gasteiger partial charge in [-0.25, -0.2) is 8.42 Å². The number of sulfone groups is 1. The molecule has 0 saturated heterocycles. The Morgan fingerprint density at radius 3 is 2.41 bits per heavy atom. The van der Waals surface area contributed by atoms with Crippen molar-refractivity contribution in [1.29, 1.82) is 0 Å². The minimum Gasteiger partial charge on any atom is -0.387 e. The van der Waals surface area contributed by atoms with Crippen LogP contribution in [0.2, 0.25) is 10.0 Å². The lowest BCUT2D eigenvalue weighted by Gasteiger charge is -2.19. The van der Waals surface area contributed by atoms with Crippen LogP contribution in [0, 0.1) is 0 Å². The van der Waals surface area contributed by atoms with Gasteiger partial charge in [-0.15, -0.1) is 0 Å². The first kappa shape index (κ1) is 14.8. The van der Waals surface area contributed by atoms with Crippen molar-refractivity contribution in [3.05, 3.63) is 33.8 Å². The summed E-state index contributed by atoms with van der Waals surface area (Å²) in [5, 5.41) is 9.83. The third kappa shape index (κ3) is 3.35. The van der Waals surface area contributed by atoms with E-state index in [1.54, 1.807) is 13.0 Å². The van der Waals surface area contributed by atoms with Gasteiger partial charge in [-0.1, -0.05) is 36.2 Å². The van der Waals surface area contributed by atoms with E-state index in [-0.39, 0.29) is 10.8 Å². The van der Waals surface area contributed by atoms with Crippen molar-refractivity contribution in [2.45, 2.75) is 25.2 Å². The Hall–Kier alpha value is -0.290. The maximum absolute atomic E-state index is 11.7. The summed E-state index contributed by atoms with van der Waals surface area (Å²) in [6.45, 7) is 3.01. The van der Waals surface area contributed by atoms with E-state index in [1.807, 2.05) is 0 Å². The molecule has 0 spiro atoms. The van der Waals surface area contributed by atoms with Crippen LogP contribution in [-0.4, -0.2) is 24.5 Å². The van der Waals surface area contributed by atoms with Gasteiger partial charge in [0.25, 0.3) is 0 Å². The topological polar surface area (TPSA) is 54.4 Å². The van der Waals surface area contributed by atoms with E-state index < -0.39 is 21.2 Å². The van der Waals surface area contributed by atoms with E-state index in [0.29, 0.717) is 10.6 Å². The fourth-order valence-electron chi connectivity index (χ4n) is 1.45. The minimum absolute atomic E-state index is 0.0174. The molecule has 1 aromatic rings. The van der Waals surface area contributed by atoms with Crippen molar-refractivity contribution in [1.82, 2.24) is 0 Å². The second-order valence-electron chi connectivity index (χ2n) is 3.77. The predicted octanol–water partition coefficient (Wildman–Crippen LogP) is 2.85. The molecule has 0 aromatic heterocycles. The summed E-state index contributed by atoms with van der Waals surface area (Å²) < 4.78 is 23.3. The van der Waals surface area contributed by atoms with E-state index in [0.717, 1.165) is 0 Å². The lowest BCUT2D eigenvalue weighted by atomic mass is 10.1. The summed E-state index contributed by atoms with van der Waals surface area (Å²) in [5.41, 5.74) is 0.376. The first-order valence-electron chi connectivity index (χ1n) is 5.14. The molecule has 0 amide bonds. The van der Waals surface area contributed by atoms with E-state index in [9.17, 15) is 13.5 Å². The average molecular weight is 297 g/mol. The average Bonchev–Trinajstić information content (AvgIpc) is 2.27. The fourth-order valence-corrected chi connectivity index (χ4v) is 3.04. The molecule has 0 fully saturated rings. The van der Waals surface area contributed by atoms with E-state index >= 15 is 0 Å². The molecule has 0 heterocycles. The minimum atomic E-state index is -3.31. The quantitative estimate of drug-likeness (QED) is 0.929. The van der Waals surface area contributed by atoms with E-state index in [4.69, 9.17) is 23.2 Å². The Bertz CT molecular complexity index is 499. The highest BCUT2D eigenvalue weighted by Gasteiger charge is 2.28. The van der Waals surface area contributed by atoms with Gasteiger partial charge < -0.3 is 5.11 Å². The third-order valence-electron chi connectivity index (χ3n) is 2.69. The van der Waals surface area contributed by atoms with Crippen LogP contribution in [0.4, 0.5) is 0 Å². The smallest absolute Gasteiger partial charge is 0.155 e. The fraction of sp³-hybridized carbons (Fsp3) is 0.455. The first-order chi connectivity index (χ1) is 7.79. The molecule has 0 aliphatic rings. The molecular formula is C11H14Cl2O3S. The lowest BCUT2D eigenvalue weighted by molar-refractivity contribution is 0.176. The van der Waals surface area contributed by atoms with E-state index in [2.05, 4.69) is 0 Å². The zero-order valence-corrected chi connectivity index (χ0v) is 11.9. The van der Waals surface area contributed by atoms with Gasteiger partial charge in [-0.05, 0) is 19.1 Å². The largest absolute Gasteiger partial charge is 0.387 e. The first-order valence-corrected chi connectivity index (χ1v) is 7.61. The number of hydrogen-bond acceptors (Lipinski definition) is 3. The van der Waals surface area contributed by atoms with Crippen LogP contribution in [0.25, 0.3) is 0 Å². The monoisotopic (exact) mass is 296 g/mol. The summed E-state index contributed by atoms with van der Waals surface area (Å²) in [6, 6.07) is 4.58. The van der Waals surface area contributed by atoms with Gasteiger partial charge in [0.05, 0.1) is 11.4 Å². The molecule has 1 rings (SSSR count). The molecule has 1 aromatic carbocycles. The zero-order chi connectivity index (χ0) is 13.2. The second kappa shape index (κ2) is 5.57. The number of hydrogen-bond donors (Lipinski definition) is 1. The van der Waals surface area contributed by atoms with Gasteiger partial charge in [-0.3, -0.25) is 0 Å².